The molecule has 0 N–H and O–H groups in total. The van der Waals surface area contributed by atoms with E-state index in [4.69, 9.17) is 0 Å². The van der Waals surface area contributed by atoms with Gasteiger partial charge in [0.15, 0.2) is 0 Å². The van der Waals surface area contributed by atoms with Crippen LogP contribution in [0.3, 0.4) is 0 Å². The molecule has 0 saturated heterocycles. The summed E-state index contributed by atoms with van der Waals surface area (Å²) in [6.45, 7) is 0. The first-order valence-corrected chi connectivity index (χ1v) is 31.3. The third-order valence-electron chi connectivity index (χ3n) is 7.30. The Bertz CT molecular complexity index is 1380. The molecule has 2 aromatic heterocycles. The molecule has 2 nitrogen and oxygen atoms in total. The Kier molecular flexibility index (Phi) is 20.6. The fourth-order valence-electron chi connectivity index (χ4n) is 4.77. The van der Waals surface area contributed by atoms with Crippen LogP contribution >= 0.6 is 186 Å². The third kappa shape index (κ3) is 14.2. The smallest absolute Gasteiger partial charge is 0.265 e. The van der Waals surface area contributed by atoms with E-state index in [1.807, 2.05) is 47.0 Å². The molecule has 0 fully saturated rings. The SMILES string of the molecule is O=c1sc2c(s1)SCCCCCSC1=C3SCCCCCSc4sc(=O)sc4SCCCCCSC4=C(SCCCCCS2)SC(=C(S1)S3)S4. The van der Waals surface area contributed by atoms with Crippen molar-refractivity contribution in [1.29, 1.82) is 0 Å². The van der Waals surface area contributed by atoms with Crippen LogP contribution in [0.25, 0.3) is 0 Å². The van der Waals surface area contributed by atoms with E-state index in [9.17, 15) is 9.59 Å². The lowest BCUT2D eigenvalue weighted by molar-refractivity contribution is 0.785. The molecule has 0 unspecified atom stereocenters. The molecule has 0 aliphatic carbocycles. The highest BCUT2D eigenvalue weighted by Crippen LogP contribution is 2.66. The van der Waals surface area contributed by atoms with E-state index in [1.165, 1.54) is 188 Å². The first-order chi connectivity index (χ1) is 24.6. The molecule has 0 spiro atoms. The number of fused-ring (bicyclic) bond motifs is 6. The first kappa shape index (κ1) is 42.7. The van der Waals surface area contributed by atoms with Crippen molar-refractivity contribution in [2.45, 2.75) is 93.9 Å². The highest BCUT2D eigenvalue weighted by atomic mass is 32.3. The van der Waals surface area contributed by atoms with Gasteiger partial charge in [-0.05, 0) is 97.4 Å². The Hall–Kier alpha value is 3.12. The van der Waals surface area contributed by atoms with Crippen LogP contribution in [0.15, 0.2) is 51.8 Å². The van der Waals surface area contributed by atoms with Gasteiger partial charge in [-0.15, -0.1) is 94.1 Å². The quantitative estimate of drug-likeness (QED) is 0.251. The maximum atomic E-state index is 12.2. The maximum Gasteiger partial charge on any atom is 0.289 e. The van der Waals surface area contributed by atoms with E-state index in [-0.39, 0.29) is 8.11 Å². The van der Waals surface area contributed by atoms with Gasteiger partial charge >= 0.3 is 0 Å². The molecule has 6 heterocycles. The van der Waals surface area contributed by atoms with Crippen LogP contribution in [0, 0.1) is 0 Å². The molecule has 0 atom stereocenters. The predicted octanol–water partition coefficient (Wildman–Crippen LogP) is 15.7. The van der Waals surface area contributed by atoms with Crippen LogP contribution in [0.5, 0.6) is 0 Å². The highest BCUT2D eigenvalue weighted by Gasteiger charge is 2.31. The van der Waals surface area contributed by atoms with Gasteiger partial charge in [0.1, 0.15) is 0 Å². The largest absolute Gasteiger partial charge is 0.289 e. The van der Waals surface area contributed by atoms with Gasteiger partial charge in [0.05, 0.1) is 42.3 Å². The van der Waals surface area contributed by atoms with Crippen molar-refractivity contribution in [2.75, 3.05) is 46.0 Å². The van der Waals surface area contributed by atoms with Crippen molar-refractivity contribution in [3.63, 3.8) is 0 Å². The second-order valence-electron chi connectivity index (χ2n) is 11.2. The lowest BCUT2D eigenvalue weighted by atomic mass is 10.3. The summed E-state index contributed by atoms with van der Waals surface area (Å²) in [7, 11) is 0. The summed E-state index contributed by atoms with van der Waals surface area (Å²) in [5.41, 5.74) is 0. The average Bonchev–Trinajstić information content (AvgIpc) is 3.87. The molecule has 6 rings (SSSR count). The molecule has 6 bridgehead atoms. The predicted molar refractivity (Wildman–Crippen MR) is 257 cm³/mol. The minimum absolute atomic E-state index is 0.253. The van der Waals surface area contributed by atoms with E-state index in [0.717, 1.165) is 23.0 Å². The van der Waals surface area contributed by atoms with Crippen LogP contribution < -0.4 is 8.11 Å². The zero-order valence-corrected chi connectivity index (χ0v) is 40.6. The van der Waals surface area contributed by atoms with Crippen LogP contribution in [0.2, 0.25) is 0 Å². The molecule has 0 aromatic carbocycles. The fourth-order valence-corrected chi connectivity index (χ4v) is 27.8. The van der Waals surface area contributed by atoms with Gasteiger partial charge in [-0.1, -0.05) is 118 Å². The molecule has 18 heteroatoms. The Morgan fingerprint density at radius 2 is 0.480 bits per heavy atom. The van der Waals surface area contributed by atoms with E-state index in [0.29, 0.717) is 0 Å². The summed E-state index contributed by atoms with van der Waals surface area (Å²) < 4.78 is 14.7. The Labute approximate surface area is 364 Å². The standard InChI is InChI=1S/C32H40O2S16/c33-31-47-25-26(48-31)40-18-10-3-7-15-37-23-24-38-16-8-4-12-20-42-28-27(49-32(34)50-28)41-19-11-2-6-14-36-22-21(35-13-5-1-9-17-39-25)43-29(44-22)30(45-23)46-24/h1-20H2. The van der Waals surface area contributed by atoms with E-state index < -0.39 is 0 Å². The topological polar surface area (TPSA) is 34.1 Å². The van der Waals surface area contributed by atoms with Crippen LogP contribution in [0.4, 0.5) is 0 Å². The maximum absolute atomic E-state index is 12.2. The monoisotopic (exact) mass is 968 g/mol. The molecule has 4 aliphatic heterocycles. The van der Waals surface area contributed by atoms with E-state index in [2.05, 4.69) is 94.1 Å². The van der Waals surface area contributed by atoms with Gasteiger partial charge < -0.3 is 0 Å². The van der Waals surface area contributed by atoms with Gasteiger partial charge in [0, 0.05) is 0 Å². The van der Waals surface area contributed by atoms with Gasteiger partial charge in [0.25, 0.3) is 8.11 Å². The molecule has 276 valence electrons. The first-order valence-electron chi connectivity index (χ1n) is 16.9. The van der Waals surface area contributed by atoms with E-state index in [1.54, 1.807) is 0 Å². The molecular formula is C32H40O2S16. The molecule has 2 aromatic rings. The number of thioether (sulfide) groups is 12. The summed E-state index contributed by atoms with van der Waals surface area (Å²) in [6, 6.07) is 0. The van der Waals surface area contributed by atoms with Crippen molar-refractivity contribution in [3.8, 4) is 0 Å². The summed E-state index contributed by atoms with van der Waals surface area (Å²) >= 11 is 30.1. The molecule has 4 aliphatic rings. The van der Waals surface area contributed by atoms with Crippen molar-refractivity contribution in [3.05, 3.63) is 43.1 Å². The second kappa shape index (κ2) is 24.1. The third-order valence-corrected chi connectivity index (χ3v) is 29.7. The number of hydrogen-bond acceptors (Lipinski definition) is 18. The summed E-state index contributed by atoms with van der Waals surface area (Å²) in [4.78, 5) is 24.5. The number of hydrogen-bond donors (Lipinski definition) is 0. The van der Waals surface area contributed by atoms with Gasteiger partial charge in [-0.25, -0.2) is 0 Å². The van der Waals surface area contributed by atoms with Crippen molar-refractivity contribution in [1.82, 2.24) is 0 Å². The molecule has 0 amide bonds. The minimum Gasteiger partial charge on any atom is -0.265 e. The van der Waals surface area contributed by atoms with Gasteiger partial charge in [-0.2, -0.15) is 0 Å². The summed E-state index contributed by atoms with van der Waals surface area (Å²) in [6.07, 6.45) is 14.8. The average molecular weight is 970 g/mol. The molecule has 0 radical (unpaired) electrons. The fraction of sp³-hybridized carbons (Fsp3) is 0.625. The Morgan fingerprint density at radius 1 is 0.260 bits per heavy atom. The lowest BCUT2D eigenvalue weighted by Gasteiger charge is -2.07. The minimum atomic E-state index is 0.253. The van der Waals surface area contributed by atoms with Crippen molar-refractivity contribution < 1.29 is 0 Å². The Balaban J connectivity index is 1.13. The zero-order valence-electron chi connectivity index (χ0n) is 27.5. The van der Waals surface area contributed by atoms with Gasteiger partial charge in [-0.3, -0.25) is 9.59 Å². The molecule has 0 saturated carbocycles. The number of rotatable bonds is 0. The van der Waals surface area contributed by atoms with Crippen LogP contribution in [-0.4, -0.2) is 46.0 Å². The van der Waals surface area contributed by atoms with E-state index >= 15 is 0 Å². The summed E-state index contributed by atoms with van der Waals surface area (Å²) in [5.74, 6) is 9.18. The highest BCUT2D eigenvalue weighted by molar-refractivity contribution is 8.45. The second-order valence-corrected chi connectivity index (χ2v) is 31.2. The molecule has 50 heavy (non-hydrogen) atoms. The lowest BCUT2D eigenvalue weighted by Crippen LogP contribution is -1.87. The zero-order chi connectivity index (χ0) is 34.4. The van der Waals surface area contributed by atoms with Crippen LogP contribution in [-0.2, 0) is 0 Å². The Morgan fingerprint density at radius 3 is 0.720 bits per heavy atom. The van der Waals surface area contributed by atoms with Crippen molar-refractivity contribution in [2.24, 2.45) is 0 Å². The van der Waals surface area contributed by atoms with Gasteiger partial charge in [0.2, 0.25) is 0 Å². The molecular weight excluding hydrogens is 929 g/mol. The van der Waals surface area contributed by atoms with Crippen LogP contribution in [0.1, 0.15) is 77.0 Å². The van der Waals surface area contributed by atoms with Crippen molar-refractivity contribution >= 4 is 186 Å². The summed E-state index contributed by atoms with van der Waals surface area (Å²) in [5, 5.41) is 0. The normalized spacial score (nSPS) is 22.6.